The molecule has 0 amide bonds. The van der Waals surface area contributed by atoms with Gasteiger partial charge in [-0.1, -0.05) is 11.6 Å². The van der Waals surface area contributed by atoms with Crippen molar-refractivity contribution >= 4 is 29.2 Å². The zero-order valence-corrected chi connectivity index (χ0v) is 13.9. The molecule has 0 saturated carbocycles. The van der Waals surface area contributed by atoms with Crippen molar-refractivity contribution in [3.63, 3.8) is 0 Å². The molecule has 2 rings (SSSR count). The minimum atomic E-state index is -0.516. The molecule has 0 radical (unpaired) electrons. The lowest BCUT2D eigenvalue weighted by atomic mass is 10.2. The maximum absolute atomic E-state index is 11.2. The van der Waals surface area contributed by atoms with Gasteiger partial charge in [0.25, 0.3) is 0 Å². The van der Waals surface area contributed by atoms with E-state index in [1.54, 1.807) is 37.3 Å². The van der Waals surface area contributed by atoms with Crippen molar-refractivity contribution in [2.75, 3.05) is 19.1 Å². The third kappa shape index (κ3) is 4.36. The zero-order valence-electron chi connectivity index (χ0n) is 13.2. The SMILES string of the molecule is CCOc1c(OC)cc(/C=N/Nc2ccc(Cl)cc2)cc1[N+](=O)[O-]. The average molecular weight is 350 g/mol. The van der Waals surface area contributed by atoms with Crippen LogP contribution in [0.5, 0.6) is 11.5 Å². The minimum absolute atomic E-state index is 0.104. The lowest BCUT2D eigenvalue weighted by Crippen LogP contribution is -2.02. The molecule has 0 heterocycles. The Bertz CT molecular complexity index is 748. The second-order valence-electron chi connectivity index (χ2n) is 4.64. The molecule has 0 aliphatic rings. The highest BCUT2D eigenvalue weighted by atomic mass is 35.5. The summed E-state index contributed by atoms with van der Waals surface area (Å²) >= 11 is 5.81. The standard InChI is InChI=1S/C16H16ClN3O4/c1-3-24-16-14(20(21)22)8-11(9-15(16)23-2)10-18-19-13-6-4-12(17)5-7-13/h4-10,19H,3H2,1-2H3/b18-10+. The lowest BCUT2D eigenvalue weighted by Gasteiger charge is -2.10. The van der Waals surface area contributed by atoms with Crippen molar-refractivity contribution < 1.29 is 14.4 Å². The number of hydrogen-bond acceptors (Lipinski definition) is 6. The van der Waals surface area contributed by atoms with Crippen molar-refractivity contribution in [1.82, 2.24) is 0 Å². The molecule has 0 bridgehead atoms. The van der Waals surface area contributed by atoms with E-state index in [0.717, 1.165) is 5.69 Å². The number of hydrazone groups is 1. The van der Waals surface area contributed by atoms with Gasteiger partial charge in [-0.2, -0.15) is 5.10 Å². The Morgan fingerprint density at radius 3 is 2.62 bits per heavy atom. The van der Waals surface area contributed by atoms with E-state index < -0.39 is 4.92 Å². The Kier molecular flexibility index (Phi) is 5.97. The molecule has 2 aromatic rings. The monoisotopic (exact) mass is 349 g/mol. The molecule has 0 saturated heterocycles. The lowest BCUT2D eigenvalue weighted by molar-refractivity contribution is -0.385. The van der Waals surface area contributed by atoms with Gasteiger partial charge in [0.05, 0.1) is 30.5 Å². The first kappa shape index (κ1) is 17.6. The summed E-state index contributed by atoms with van der Waals surface area (Å²) in [6, 6.07) is 9.97. The van der Waals surface area contributed by atoms with Gasteiger partial charge in [-0.3, -0.25) is 15.5 Å². The van der Waals surface area contributed by atoms with Crippen LogP contribution in [-0.4, -0.2) is 24.9 Å². The number of anilines is 1. The Morgan fingerprint density at radius 1 is 1.33 bits per heavy atom. The Balaban J connectivity index is 2.26. The second-order valence-corrected chi connectivity index (χ2v) is 5.07. The number of nitro groups is 1. The van der Waals surface area contributed by atoms with Gasteiger partial charge in [0.1, 0.15) is 0 Å². The molecule has 0 spiro atoms. The summed E-state index contributed by atoms with van der Waals surface area (Å²) in [6.45, 7) is 2.04. The normalized spacial score (nSPS) is 10.6. The van der Waals surface area contributed by atoms with Crippen LogP contribution in [0.15, 0.2) is 41.5 Å². The Labute approximate surface area is 144 Å². The summed E-state index contributed by atoms with van der Waals surface area (Å²) < 4.78 is 10.5. The van der Waals surface area contributed by atoms with E-state index in [0.29, 0.717) is 17.2 Å². The number of hydrogen-bond donors (Lipinski definition) is 1. The van der Waals surface area contributed by atoms with Gasteiger partial charge in [-0.05, 0) is 37.3 Å². The fraction of sp³-hybridized carbons (Fsp3) is 0.188. The number of nitrogens with one attached hydrogen (secondary N) is 1. The fourth-order valence-electron chi connectivity index (χ4n) is 1.97. The van der Waals surface area contributed by atoms with Crippen LogP contribution in [0, 0.1) is 10.1 Å². The van der Waals surface area contributed by atoms with E-state index in [1.165, 1.54) is 19.4 Å². The highest BCUT2D eigenvalue weighted by Gasteiger charge is 2.21. The maximum Gasteiger partial charge on any atom is 0.315 e. The van der Waals surface area contributed by atoms with E-state index in [4.69, 9.17) is 21.1 Å². The zero-order chi connectivity index (χ0) is 17.5. The van der Waals surface area contributed by atoms with E-state index in [1.807, 2.05) is 0 Å². The van der Waals surface area contributed by atoms with E-state index in [9.17, 15) is 10.1 Å². The molecule has 24 heavy (non-hydrogen) atoms. The van der Waals surface area contributed by atoms with Crippen LogP contribution < -0.4 is 14.9 Å². The number of nitrogens with zero attached hydrogens (tertiary/aromatic N) is 2. The third-order valence-electron chi connectivity index (χ3n) is 3.01. The van der Waals surface area contributed by atoms with Gasteiger partial charge in [0.2, 0.25) is 5.75 Å². The minimum Gasteiger partial charge on any atom is -0.493 e. The van der Waals surface area contributed by atoms with Crippen LogP contribution in [0.3, 0.4) is 0 Å². The van der Waals surface area contributed by atoms with Gasteiger partial charge in [-0.15, -0.1) is 0 Å². The molecular weight excluding hydrogens is 334 g/mol. The predicted molar refractivity (Wildman–Crippen MR) is 93.5 cm³/mol. The highest BCUT2D eigenvalue weighted by Crippen LogP contribution is 2.37. The van der Waals surface area contributed by atoms with Gasteiger partial charge in [0.15, 0.2) is 5.75 Å². The number of benzene rings is 2. The van der Waals surface area contributed by atoms with E-state index in [2.05, 4.69) is 10.5 Å². The van der Waals surface area contributed by atoms with Gasteiger partial charge < -0.3 is 9.47 Å². The van der Waals surface area contributed by atoms with Crippen molar-refractivity contribution in [2.24, 2.45) is 5.10 Å². The summed E-state index contributed by atoms with van der Waals surface area (Å²) in [6.07, 6.45) is 1.46. The average Bonchev–Trinajstić information content (AvgIpc) is 2.57. The van der Waals surface area contributed by atoms with Crippen molar-refractivity contribution in [3.05, 3.63) is 57.1 Å². The molecule has 2 aromatic carbocycles. The van der Waals surface area contributed by atoms with Crippen molar-refractivity contribution in [2.45, 2.75) is 6.92 Å². The molecule has 0 unspecified atom stereocenters. The van der Waals surface area contributed by atoms with Crippen LogP contribution in [-0.2, 0) is 0 Å². The molecule has 0 atom stereocenters. The second kappa shape index (κ2) is 8.16. The topological polar surface area (TPSA) is 86.0 Å². The summed E-state index contributed by atoms with van der Waals surface area (Å²) in [5, 5.41) is 15.9. The number of rotatable bonds is 7. The summed E-state index contributed by atoms with van der Waals surface area (Å²) in [4.78, 5) is 10.7. The molecule has 7 nitrogen and oxygen atoms in total. The van der Waals surface area contributed by atoms with Crippen LogP contribution in [0.1, 0.15) is 12.5 Å². The summed E-state index contributed by atoms with van der Waals surface area (Å²) in [7, 11) is 1.43. The quantitative estimate of drug-likeness (QED) is 0.462. The molecule has 0 fully saturated rings. The first-order chi connectivity index (χ1) is 11.5. The molecule has 126 valence electrons. The largest absolute Gasteiger partial charge is 0.493 e. The molecule has 8 heteroatoms. The molecule has 0 aliphatic heterocycles. The van der Waals surface area contributed by atoms with E-state index in [-0.39, 0.29) is 17.2 Å². The number of methoxy groups -OCH3 is 1. The summed E-state index contributed by atoms with van der Waals surface area (Å²) in [5.41, 5.74) is 3.88. The van der Waals surface area contributed by atoms with Crippen LogP contribution >= 0.6 is 11.6 Å². The first-order valence-corrected chi connectivity index (χ1v) is 7.46. The number of halogens is 1. The summed E-state index contributed by atoms with van der Waals surface area (Å²) in [5.74, 6) is 0.381. The Hall–Kier alpha value is -2.80. The number of nitro benzene ring substituents is 1. The van der Waals surface area contributed by atoms with Crippen molar-refractivity contribution in [3.8, 4) is 11.5 Å². The highest BCUT2D eigenvalue weighted by molar-refractivity contribution is 6.30. The van der Waals surface area contributed by atoms with Gasteiger partial charge in [-0.25, -0.2) is 0 Å². The fourth-order valence-corrected chi connectivity index (χ4v) is 2.09. The maximum atomic E-state index is 11.2. The van der Waals surface area contributed by atoms with Crippen LogP contribution in [0.4, 0.5) is 11.4 Å². The van der Waals surface area contributed by atoms with Crippen LogP contribution in [0.2, 0.25) is 5.02 Å². The molecule has 0 aliphatic carbocycles. The van der Waals surface area contributed by atoms with Crippen LogP contribution in [0.25, 0.3) is 0 Å². The molecular formula is C16H16ClN3O4. The van der Waals surface area contributed by atoms with Gasteiger partial charge in [0, 0.05) is 16.7 Å². The number of ether oxygens (including phenoxy) is 2. The Morgan fingerprint density at radius 2 is 2.04 bits per heavy atom. The third-order valence-corrected chi connectivity index (χ3v) is 3.27. The molecule has 0 aromatic heterocycles. The predicted octanol–water partition coefficient (Wildman–Crippen LogP) is 4.10. The van der Waals surface area contributed by atoms with Gasteiger partial charge >= 0.3 is 5.69 Å². The first-order valence-electron chi connectivity index (χ1n) is 7.09. The van der Waals surface area contributed by atoms with Crippen molar-refractivity contribution in [1.29, 1.82) is 0 Å². The van der Waals surface area contributed by atoms with E-state index >= 15 is 0 Å². The molecule has 1 N–H and O–H groups in total. The smallest absolute Gasteiger partial charge is 0.315 e.